The monoisotopic (exact) mass is 363 g/mol. The standard InChI is InChI=1S/C17H22BNO7/c1-11-13(4-3-12-6-26-18(22)15(11)12)16(21)19-5-14(20)25-10-17(7-23-2)8-24-9-17/h3-4,22H,5-10H2,1-2H3,(H,19,21). The number of carbonyl (C=O) groups is 2. The Hall–Kier alpha value is -1.94. The van der Waals surface area contributed by atoms with Crippen molar-refractivity contribution in [2.75, 3.05) is 40.1 Å². The normalized spacial score (nSPS) is 17.4. The number of benzene rings is 1. The molecule has 1 amide bonds. The molecule has 0 aliphatic carbocycles. The van der Waals surface area contributed by atoms with Gasteiger partial charge in [0, 0.05) is 12.7 Å². The van der Waals surface area contributed by atoms with Crippen LogP contribution in [0.15, 0.2) is 12.1 Å². The minimum absolute atomic E-state index is 0.191. The van der Waals surface area contributed by atoms with Gasteiger partial charge in [0.15, 0.2) is 0 Å². The predicted octanol–water partition coefficient (Wildman–Crippen LogP) is -0.851. The van der Waals surface area contributed by atoms with E-state index in [4.69, 9.17) is 18.9 Å². The van der Waals surface area contributed by atoms with Crippen LogP contribution in [0.3, 0.4) is 0 Å². The summed E-state index contributed by atoms with van der Waals surface area (Å²) >= 11 is 0. The van der Waals surface area contributed by atoms with E-state index in [1.807, 2.05) is 0 Å². The number of fused-ring (bicyclic) bond motifs is 1. The molecule has 9 heteroatoms. The molecule has 0 spiro atoms. The molecule has 1 saturated heterocycles. The lowest BCUT2D eigenvalue weighted by molar-refractivity contribution is -0.182. The fraction of sp³-hybridized carbons (Fsp3) is 0.529. The third kappa shape index (κ3) is 3.75. The Kier molecular flexibility index (Phi) is 5.62. The van der Waals surface area contributed by atoms with E-state index < -0.39 is 19.0 Å². The van der Waals surface area contributed by atoms with Gasteiger partial charge in [-0.05, 0) is 29.6 Å². The minimum atomic E-state index is -1.02. The van der Waals surface area contributed by atoms with Crippen LogP contribution >= 0.6 is 0 Å². The van der Waals surface area contributed by atoms with Gasteiger partial charge in [-0.1, -0.05) is 6.07 Å². The second-order valence-electron chi connectivity index (χ2n) is 6.74. The van der Waals surface area contributed by atoms with E-state index in [1.54, 1.807) is 26.2 Å². The zero-order valence-electron chi connectivity index (χ0n) is 14.9. The summed E-state index contributed by atoms with van der Waals surface area (Å²) in [6, 6.07) is 3.41. The fourth-order valence-corrected chi connectivity index (χ4v) is 3.19. The van der Waals surface area contributed by atoms with Crippen LogP contribution in [0.25, 0.3) is 0 Å². The van der Waals surface area contributed by atoms with Gasteiger partial charge in [0.2, 0.25) is 0 Å². The molecular formula is C17H22BNO7. The van der Waals surface area contributed by atoms with Crippen molar-refractivity contribution >= 4 is 24.5 Å². The number of methoxy groups -OCH3 is 1. The van der Waals surface area contributed by atoms with Gasteiger partial charge in [0.1, 0.15) is 13.2 Å². The van der Waals surface area contributed by atoms with E-state index in [0.717, 1.165) is 5.56 Å². The third-order valence-corrected chi connectivity index (χ3v) is 4.69. The van der Waals surface area contributed by atoms with Crippen LogP contribution in [0.4, 0.5) is 0 Å². The van der Waals surface area contributed by atoms with E-state index in [2.05, 4.69) is 5.32 Å². The van der Waals surface area contributed by atoms with Crippen molar-refractivity contribution in [3.63, 3.8) is 0 Å². The molecule has 1 aromatic rings. The maximum atomic E-state index is 12.4. The summed E-state index contributed by atoms with van der Waals surface area (Å²) in [5.74, 6) is -0.928. The largest absolute Gasteiger partial charge is 0.492 e. The third-order valence-electron chi connectivity index (χ3n) is 4.69. The van der Waals surface area contributed by atoms with Crippen molar-refractivity contribution in [2.45, 2.75) is 13.5 Å². The van der Waals surface area contributed by atoms with Crippen molar-refractivity contribution in [3.8, 4) is 0 Å². The molecule has 2 aliphatic rings. The zero-order valence-corrected chi connectivity index (χ0v) is 14.9. The Morgan fingerprint density at radius 3 is 2.77 bits per heavy atom. The summed E-state index contributed by atoms with van der Waals surface area (Å²) in [5.41, 5.74) is 2.22. The van der Waals surface area contributed by atoms with Crippen molar-refractivity contribution in [3.05, 3.63) is 28.8 Å². The summed E-state index contributed by atoms with van der Waals surface area (Å²) in [7, 11) is 0.563. The van der Waals surface area contributed by atoms with Crippen LogP contribution in [-0.4, -0.2) is 64.1 Å². The van der Waals surface area contributed by atoms with Crippen LogP contribution in [0.5, 0.6) is 0 Å². The van der Waals surface area contributed by atoms with Gasteiger partial charge in [-0.15, -0.1) is 0 Å². The predicted molar refractivity (Wildman–Crippen MR) is 92.0 cm³/mol. The molecule has 8 nitrogen and oxygen atoms in total. The average molecular weight is 363 g/mol. The molecule has 0 unspecified atom stereocenters. The molecule has 2 heterocycles. The average Bonchev–Trinajstić information content (AvgIpc) is 2.97. The quantitative estimate of drug-likeness (QED) is 0.480. The minimum Gasteiger partial charge on any atom is -0.464 e. The zero-order chi connectivity index (χ0) is 18.7. The molecule has 2 N–H and O–H groups in total. The van der Waals surface area contributed by atoms with Crippen molar-refractivity contribution in [1.82, 2.24) is 5.32 Å². The second-order valence-corrected chi connectivity index (χ2v) is 6.74. The van der Waals surface area contributed by atoms with Gasteiger partial charge in [-0.2, -0.15) is 0 Å². The first-order valence-corrected chi connectivity index (χ1v) is 8.38. The van der Waals surface area contributed by atoms with Gasteiger partial charge in [-0.3, -0.25) is 9.59 Å². The molecule has 1 aromatic carbocycles. The molecular weight excluding hydrogens is 341 g/mol. The Morgan fingerprint density at radius 2 is 2.12 bits per heavy atom. The molecule has 140 valence electrons. The molecule has 0 saturated carbocycles. The summed E-state index contributed by atoms with van der Waals surface area (Å²) in [5, 5.41) is 12.4. The fourth-order valence-electron chi connectivity index (χ4n) is 3.19. The number of carbonyl (C=O) groups excluding carboxylic acids is 2. The Morgan fingerprint density at radius 1 is 1.35 bits per heavy atom. The topological polar surface area (TPSA) is 103 Å². The lowest BCUT2D eigenvalue weighted by atomic mass is 9.75. The first-order chi connectivity index (χ1) is 12.5. The first kappa shape index (κ1) is 18.8. The van der Waals surface area contributed by atoms with Crippen molar-refractivity contribution in [1.29, 1.82) is 0 Å². The van der Waals surface area contributed by atoms with E-state index in [1.165, 1.54) is 0 Å². The molecule has 0 atom stereocenters. The number of nitrogens with one attached hydrogen (secondary N) is 1. The van der Waals surface area contributed by atoms with E-state index >= 15 is 0 Å². The van der Waals surface area contributed by atoms with Gasteiger partial charge in [0.05, 0.1) is 31.8 Å². The molecule has 0 radical (unpaired) electrons. The van der Waals surface area contributed by atoms with Gasteiger partial charge < -0.3 is 29.2 Å². The first-order valence-electron chi connectivity index (χ1n) is 8.38. The van der Waals surface area contributed by atoms with Crippen molar-refractivity contribution in [2.24, 2.45) is 5.41 Å². The van der Waals surface area contributed by atoms with E-state index in [9.17, 15) is 14.6 Å². The molecule has 2 aliphatic heterocycles. The van der Waals surface area contributed by atoms with Crippen LogP contribution in [0.1, 0.15) is 21.5 Å². The van der Waals surface area contributed by atoms with Crippen LogP contribution in [0, 0.1) is 12.3 Å². The number of esters is 1. The maximum Gasteiger partial charge on any atom is 0.492 e. The molecule has 0 aromatic heterocycles. The molecule has 3 rings (SSSR count). The smallest absolute Gasteiger partial charge is 0.464 e. The summed E-state index contributed by atoms with van der Waals surface area (Å²) in [4.78, 5) is 24.3. The van der Waals surface area contributed by atoms with Crippen LogP contribution in [0.2, 0.25) is 0 Å². The molecule has 1 fully saturated rings. The highest BCUT2D eigenvalue weighted by Gasteiger charge is 2.40. The number of hydrogen-bond acceptors (Lipinski definition) is 7. The number of hydrogen-bond donors (Lipinski definition) is 2. The highest BCUT2D eigenvalue weighted by Crippen LogP contribution is 2.28. The highest BCUT2D eigenvalue weighted by molar-refractivity contribution is 6.62. The lowest BCUT2D eigenvalue weighted by Crippen LogP contribution is -2.50. The highest BCUT2D eigenvalue weighted by atomic mass is 16.6. The number of ether oxygens (including phenoxy) is 3. The van der Waals surface area contributed by atoms with E-state index in [-0.39, 0.29) is 18.6 Å². The van der Waals surface area contributed by atoms with Gasteiger partial charge >= 0.3 is 13.1 Å². The van der Waals surface area contributed by atoms with Crippen molar-refractivity contribution < 1.29 is 33.5 Å². The van der Waals surface area contributed by atoms with Gasteiger partial charge in [0.25, 0.3) is 5.91 Å². The summed E-state index contributed by atoms with van der Waals surface area (Å²) in [6.07, 6.45) is 0. The van der Waals surface area contributed by atoms with Crippen LogP contribution in [-0.2, 0) is 30.3 Å². The summed E-state index contributed by atoms with van der Waals surface area (Å²) in [6.45, 7) is 3.44. The molecule has 26 heavy (non-hydrogen) atoms. The Balaban J connectivity index is 1.53. The number of rotatable bonds is 7. The SMILES string of the molecule is COCC1(COC(=O)CNC(=O)c2ccc3c(c2C)B(O)OC3)COC1. The van der Waals surface area contributed by atoms with Gasteiger partial charge in [-0.25, -0.2) is 0 Å². The Bertz CT molecular complexity index is 705. The summed E-state index contributed by atoms with van der Waals surface area (Å²) < 4.78 is 20.7. The second kappa shape index (κ2) is 7.75. The number of amides is 1. The Labute approximate surface area is 151 Å². The van der Waals surface area contributed by atoms with Crippen LogP contribution < -0.4 is 10.8 Å². The lowest BCUT2D eigenvalue weighted by Gasteiger charge is -2.39. The molecule has 0 bridgehead atoms. The maximum absolute atomic E-state index is 12.4. The van der Waals surface area contributed by atoms with E-state index in [0.29, 0.717) is 43.0 Å².